The Bertz CT molecular complexity index is 419. The van der Waals surface area contributed by atoms with Gasteiger partial charge in [-0.15, -0.1) is 0 Å². The van der Waals surface area contributed by atoms with E-state index in [0.29, 0.717) is 0 Å². The molecule has 1 aromatic carbocycles. The molecule has 0 radical (unpaired) electrons. The molecule has 0 amide bonds. The molecule has 2 heteroatoms. The number of ether oxygens (including phenoxy) is 1. The van der Waals surface area contributed by atoms with Crippen LogP contribution in [0.15, 0.2) is 18.2 Å². The number of nitrogens with one attached hydrogen (secondary N) is 1. The van der Waals surface area contributed by atoms with Gasteiger partial charge in [-0.2, -0.15) is 0 Å². The summed E-state index contributed by atoms with van der Waals surface area (Å²) in [6.07, 6.45) is 4.97. The van der Waals surface area contributed by atoms with E-state index in [-0.39, 0.29) is 5.41 Å². The van der Waals surface area contributed by atoms with Crippen LogP contribution in [0.4, 0.5) is 0 Å². The van der Waals surface area contributed by atoms with E-state index in [0.717, 1.165) is 31.2 Å². The molecule has 0 bridgehead atoms. The third kappa shape index (κ3) is 3.11. The van der Waals surface area contributed by atoms with Crippen LogP contribution in [0.25, 0.3) is 0 Å². The molecule has 0 aromatic heterocycles. The van der Waals surface area contributed by atoms with Crippen LogP contribution in [0.2, 0.25) is 0 Å². The molecular formula is C17H27NO. The molecule has 1 saturated carbocycles. The Labute approximate surface area is 117 Å². The van der Waals surface area contributed by atoms with Crippen molar-refractivity contribution in [3.63, 3.8) is 0 Å². The first-order chi connectivity index (χ1) is 9.15. The summed E-state index contributed by atoms with van der Waals surface area (Å²) < 4.78 is 5.60. The summed E-state index contributed by atoms with van der Waals surface area (Å²) in [5.41, 5.74) is 2.88. The predicted octanol–water partition coefficient (Wildman–Crippen LogP) is 3.81. The van der Waals surface area contributed by atoms with Crippen molar-refractivity contribution in [2.24, 2.45) is 0 Å². The number of benzene rings is 1. The van der Waals surface area contributed by atoms with Gasteiger partial charge in [0, 0.05) is 23.6 Å². The Kier molecular flexibility index (Phi) is 4.51. The zero-order valence-electron chi connectivity index (χ0n) is 12.8. The molecule has 1 aliphatic carbocycles. The first kappa shape index (κ1) is 14.4. The second-order valence-electron chi connectivity index (χ2n) is 5.85. The molecule has 0 atom stereocenters. The van der Waals surface area contributed by atoms with Gasteiger partial charge < -0.3 is 10.1 Å². The summed E-state index contributed by atoms with van der Waals surface area (Å²) in [5, 5.41) is 3.71. The third-order valence-corrected chi connectivity index (χ3v) is 4.59. The number of hydrogen-bond acceptors (Lipinski definition) is 2. The highest BCUT2D eigenvalue weighted by Gasteiger charge is 2.33. The standard InChI is InChI=1S/C17H27NO/c1-5-17(6-2,12-18-14-8-9-14)15-11-13(3)7-10-16(15)19-4/h7,10-11,14,18H,5-6,8-9,12H2,1-4H3. The van der Waals surface area contributed by atoms with Gasteiger partial charge in [0.2, 0.25) is 0 Å². The second kappa shape index (κ2) is 5.96. The van der Waals surface area contributed by atoms with Crippen molar-refractivity contribution in [2.75, 3.05) is 13.7 Å². The van der Waals surface area contributed by atoms with Crippen molar-refractivity contribution in [3.8, 4) is 5.75 Å². The smallest absolute Gasteiger partial charge is 0.122 e. The van der Waals surface area contributed by atoms with Gasteiger partial charge in [-0.1, -0.05) is 31.5 Å². The van der Waals surface area contributed by atoms with Crippen molar-refractivity contribution >= 4 is 0 Å². The molecule has 0 aliphatic heterocycles. The van der Waals surface area contributed by atoms with Gasteiger partial charge in [0.15, 0.2) is 0 Å². The van der Waals surface area contributed by atoms with Gasteiger partial charge >= 0.3 is 0 Å². The predicted molar refractivity (Wildman–Crippen MR) is 81.0 cm³/mol. The Morgan fingerprint density at radius 3 is 2.47 bits per heavy atom. The lowest BCUT2D eigenvalue weighted by molar-refractivity contribution is 0.338. The van der Waals surface area contributed by atoms with E-state index in [1.807, 2.05) is 0 Å². The molecule has 19 heavy (non-hydrogen) atoms. The fraction of sp³-hybridized carbons (Fsp3) is 0.647. The van der Waals surface area contributed by atoms with Gasteiger partial charge in [-0.05, 0) is 38.7 Å². The normalized spacial score (nSPS) is 15.6. The van der Waals surface area contributed by atoms with Gasteiger partial charge in [0.25, 0.3) is 0 Å². The monoisotopic (exact) mass is 261 g/mol. The fourth-order valence-electron chi connectivity index (χ4n) is 2.84. The van der Waals surface area contributed by atoms with E-state index in [4.69, 9.17) is 4.74 Å². The number of rotatable bonds is 7. The maximum absolute atomic E-state index is 5.60. The molecule has 1 aliphatic rings. The Hall–Kier alpha value is -1.02. The zero-order chi connectivity index (χ0) is 13.9. The Morgan fingerprint density at radius 1 is 1.26 bits per heavy atom. The largest absolute Gasteiger partial charge is 0.496 e. The summed E-state index contributed by atoms with van der Waals surface area (Å²) in [4.78, 5) is 0. The van der Waals surface area contributed by atoms with Gasteiger partial charge in [-0.25, -0.2) is 0 Å². The van der Waals surface area contributed by atoms with Gasteiger partial charge in [-0.3, -0.25) is 0 Å². The van der Waals surface area contributed by atoms with Crippen LogP contribution in [0.3, 0.4) is 0 Å². The van der Waals surface area contributed by atoms with E-state index < -0.39 is 0 Å². The summed E-state index contributed by atoms with van der Waals surface area (Å²) in [6.45, 7) is 7.80. The molecule has 0 spiro atoms. The highest BCUT2D eigenvalue weighted by molar-refractivity contribution is 5.42. The molecular weight excluding hydrogens is 234 g/mol. The Balaban J connectivity index is 2.32. The second-order valence-corrected chi connectivity index (χ2v) is 5.85. The SMILES string of the molecule is CCC(CC)(CNC1CC1)c1cc(C)ccc1OC. The number of methoxy groups -OCH3 is 1. The maximum Gasteiger partial charge on any atom is 0.122 e. The van der Waals surface area contributed by atoms with E-state index in [9.17, 15) is 0 Å². The summed E-state index contributed by atoms with van der Waals surface area (Å²) in [5.74, 6) is 1.03. The lowest BCUT2D eigenvalue weighted by atomic mass is 9.74. The van der Waals surface area contributed by atoms with Crippen LogP contribution >= 0.6 is 0 Å². The molecule has 1 N–H and O–H groups in total. The average Bonchev–Trinajstić information content (AvgIpc) is 3.25. The molecule has 1 fully saturated rings. The average molecular weight is 261 g/mol. The van der Waals surface area contributed by atoms with Gasteiger partial charge in [0.05, 0.1) is 7.11 Å². The topological polar surface area (TPSA) is 21.3 Å². The summed E-state index contributed by atoms with van der Waals surface area (Å²) in [7, 11) is 1.78. The molecule has 106 valence electrons. The van der Waals surface area contributed by atoms with Crippen molar-refractivity contribution in [3.05, 3.63) is 29.3 Å². The van der Waals surface area contributed by atoms with E-state index in [2.05, 4.69) is 44.3 Å². The van der Waals surface area contributed by atoms with Crippen LogP contribution in [-0.4, -0.2) is 19.7 Å². The maximum atomic E-state index is 5.60. The summed E-state index contributed by atoms with van der Waals surface area (Å²) >= 11 is 0. The fourth-order valence-corrected chi connectivity index (χ4v) is 2.84. The Morgan fingerprint density at radius 2 is 1.95 bits per heavy atom. The first-order valence-electron chi connectivity index (χ1n) is 7.53. The lowest BCUT2D eigenvalue weighted by Gasteiger charge is -2.34. The molecule has 2 nitrogen and oxygen atoms in total. The number of hydrogen-bond donors (Lipinski definition) is 1. The molecule has 0 unspecified atom stereocenters. The summed E-state index contributed by atoms with van der Waals surface area (Å²) in [6, 6.07) is 7.31. The molecule has 0 saturated heterocycles. The zero-order valence-corrected chi connectivity index (χ0v) is 12.8. The highest BCUT2D eigenvalue weighted by atomic mass is 16.5. The molecule has 1 aromatic rings. The van der Waals surface area contributed by atoms with Crippen molar-refractivity contribution in [2.45, 2.75) is 57.9 Å². The van der Waals surface area contributed by atoms with Gasteiger partial charge in [0.1, 0.15) is 5.75 Å². The van der Waals surface area contributed by atoms with Crippen LogP contribution in [0, 0.1) is 6.92 Å². The van der Waals surface area contributed by atoms with Crippen LogP contribution in [0.1, 0.15) is 50.7 Å². The number of aryl methyl sites for hydroxylation is 1. The van der Waals surface area contributed by atoms with E-state index in [1.54, 1.807) is 7.11 Å². The van der Waals surface area contributed by atoms with Crippen molar-refractivity contribution in [1.29, 1.82) is 0 Å². The first-order valence-corrected chi connectivity index (χ1v) is 7.53. The minimum absolute atomic E-state index is 0.194. The van der Waals surface area contributed by atoms with Crippen molar-refractivity contribution < 1.29 is 4.74 Å². The third-order valence-electron chi connectivity index (χ3n) is 4.59. The van der Waals surface area contributed by atoms with Crippen LogP contribution in [0.5, 0.6) is 5.75 Å². The highest BCUT2D eigenvalue weighted by Crippen LogP contribution is 2.38. The van der Waals surface area contributed by atoms with Crippen LogP contribution < -0.4 is 10.1 Å². The van der Waals surface area contributed by atoms with E-state index in [1.165, 1.54) is 24.0 Å². The van der Waals surface area contributed by atoms with E-state index >= 15 is 0 Å². The van der Waals surface area contributed by atoms with Crippen molar-refractivity contribution in [1.82, 2.24) is 5.32 Å². The minimum Gasteiger partial charge on any atom is -0.496 e. The quantitative estimate of drug-likeness (QED) is 0.806. The minimum atomic E-state index is 0.194. The molecule has 2 rings (SSSR count). The van der Waals surface area contributed by atoms with Crippen LogP contribution in [-0.2, 0) is 5.41 Å². The molecule has 0 heterocycles. The lowest BCUT2D eigenvalue weighted by Crippen LogP contribution is -2.38.